The number of carbonyl (C=O) groups is 1. The zero-order valence-electron chi connectivity index (χ0n) is 7.81. The lowest BCUT2D eigenvalue weighted by Crippen LogP contribution is -2.41. The van der Waals surface area contributed by atoms with Gasteiger partial charge in [0.2, 0.25) is 5.91 Å². The predicted octanol–water partition coefficient (Wildman–Crippen LogP) is 1.42. The highest BCUT2D eigenvalue weighted by Gasteiger charge is 2.33. The summed E-state index contributed by atoms with van der Waals surface area (Å²) in [7, 11) is 0. The van der Waals surface area contributed by atoms with Gasteiger partial charge in [-0.2, -0.15) is 5.10 Å². The Bertz CT molecular complexity index is 270. The van der Waals surface area contributed by atoms with Gasteiger partial charge in [0.1, 0.15) is 0 Å². The smallest absolute Gasteiger partial charge is 0.246 e. The molecule has 0 radical (unpaired) electrons. The van der Waals surface area contributed by atoms with Crippen LogP contribution >= 0.6 is 0 Å². The van der Waals surface area contributed by atoms with Gasteiger partial charge in [0.15, 0.2) is 0 Å². The Balaban J connectivity index is 2.20. The van der Waals surface area contributed by atoms with Crippen LogP contribution in [0.1, 0.15) is 19.8 Å². The van der Waals surface area contributed by atoms with Crippen molar-refractivity contribution in [1.29, 1.82) is 0 Å². The van der Waals surface area contributed by atoms with Crippen molar-refractivity contribution >= 4 is 12.1 Å². The third-order valence-electron chi connectivity index (χ3n) is 2.75. The van der Waals surface area contributed by atoms with E-state index in [9.17, 15) is 4.79 Å². The number of rotatable bonds is 1. The fourth-order valence-electron chi connectivity index (χ4n) is 1.94. The number of amides is 1. The number of hydrazone groups is 1. The molecule has 0 aromatic rings. The normalized spacial score (nSPS) is 32.1. The zero-order valence-corrected chi connectivity index (χ0v) is 7.81. The third kappa shape index (κ3) is 1.39. The topological polar surface area (TPSA) is 32.7 Å². The number of carbonyl (C=O) groups excluding carboxylic acids is 1. The van der Waals surface area contributed by atoms with Gasteiger partial charge < -0.3 is 0 Å². The monoisotopic (exact) mass is 178 g/mol. The highest BCUT2D eigenvalue weighted by Crippen LogP contribution is 2.28. The first-order valence-electron chi connectivity index (χ1n) is 4.83. The lowest BCUT2D eigenvalue weighted by Gasteiger charge is -2.32. The zero-order chi connectivity index (χ0) is 9.26. The molecule has 1 amide bonds. The quantitative estimate of drug-likeness (QED) is 0.559. The minimum Gasteiger partial charge on any atom is -0.273 e. The molecule has 3 heteroatoms. The Labute approximate surface area is 78.1 Å². The van der Waals surface area contributed by atoms with E-state index in [1.54, 1.807) is 5.01 Å². The molecule has 2 atom stereocenters. The lowest BCUT2D eigenvalue weighted by molar-refractivity contribution is -0.137. The van der Waals surface area contributed by atoms with Crippen LogP contribution in [-0.4, -0.2) is 23.7 Å². The van der Waals surface area contributed by atoms with E-state index >= 15 is 0 Å². The van der Waals surface area contributed by atoms with Gasteiger partial charge in [0.05, 0.1) is 5.92 Å². The molecular formula is C10H14N2O. The first-order valence-corrected chi connectivity index (χ1v) is 4.83. The molecule has 3 nitrogen and oxygen atoms in total. The van der Waals surface area contributed by atoms with Crippen molar-refractivity contribution in [2.24, 2.45) is 16.9 Å². The van der Waals surface area contributed by atoms with Gasteiger partial charge in [-0.1, -0.05) is 12.2 Å². The maximum absolute atomic E-state index is 11.8. The van der Waals surface area contributed by atoms with E-state index in [0.29, 0.717) is 12.5 Å². The summed E-state index contributed by atoms with van der Waals surface area (Å²) < 4.78 is 0. The third-order valence-corrected chi connectivity index (χ3v) is 2.75. The van der Waals surface area contributed by atoms with Crippen molar-refractivity contribution in [3.8, 4) is 0 Å². The molecule has 1 heterocycles. The van der Waals surface area contributed by atoms with Crippen molar-refractivity contribution < 1.29 is 4.79 Å². The van der Waals surface area contributed by atoms with E-state index in [4.69, 9.17) is 0 Å². The first kappa shape index (κ1) is 8.48. The van der Waals surface area contributed by atoms with Gasteiger partial charge in [-0.3, -0.25) is 4.79 Å². The summed E-state index contributed by atoms with van der Waals surface area (Å²) >= 11 is 0. The second-order valence-corrected chi connectivity index (χ2v) is 3.53. The number of nitrogens with zero attached hydrogens (tertiary/aromatic N) is 2. The largest absolute Gasteiger partial charge is 0.273 e. The van der Waals surface area contributed by atoms with E-state index in [2.05, 4.69) is 17.3 Å². The summed E-state index contributed by atoms with van der Waals surface area (Å²) in [5.41, 5.74) is 0. The van der Waals surface area contributed by atoms with E-state index in [1.807, 2.05) is 13.1 Å². The van der Waals surface area contributed by atoms with E-state index in [0.717, 1.165) is 12.8 Å². The van der Waals surface area contributed by atoms with Crippen molar-refractivity contribution in [2.75, 3.05) is 6.54 Å². The SMILES string of the molecule is CCN1N=CC2CC=CCC2C1=O. The van der Waals surface area contributed by atoms with Crippen LogP contribution in [0, 0.1) is 11.8 Å². The predicted molar refractivity (Wildman–Crippen MR) is 51.2 cm³/mol. The molecule has 1 aliphatic carbocycles. The van der Waals surface area contributed by atoms with Crippen LogP contribution in [0.3, 0.4) is 0 Å². The molecule has 0 bridgehead atoms. The molecule has 2 aliphatic rings. The second kappa shape index (κ2) is 3.32. The van der Waals surface area contributed by atoms with Crippen molar-refractivity contribution in [3.63, 3.8) is 0 Å². The van der Waals surface area contributed by atoms with Crippen molar-refractivity contribution in [3.05, 3.63) is 12.2 Å². The summed E-state index contributed by atoms with van der Waals surface area (Å²) in [6.45, 7) is 2.64. The van der Waals surface area contributed by atoms with Gasteiger partial charge in [0, 0.05) is 18.7 Å². The fraction of sp³-hybridized carbons (Fsp3) is 0.600. The number of hydrogen-bond donors (Lipinski definition) is 0. The minimum atomic E-state index is 0.155. The van der Waals surface area contributed by atoms with Crippen LogP contribution in [0.5, 0.6) is 0 Å². The molecule has 70 valence electrons. The molecule has 0 spiro atoms. The minimum absolute atomic E-state index is 0.155. The maximum Gasteiger partial charge on any atom is 0.246 e. The molecular weight excluding hydrogens is 164 g/mol. The highest BCUT2D eigenvalue weighted by atomic mass is 16.2. The maximum atomic E-state index is 11.8. The highest BCUT2D eigenvalue weighted by molar-refractivity contribution is 5.86. The number of hydrogen-bond acceptors (Lipinski definition) is 2. The van der Waals surface area contributed by atoms with Gasteiger partial charge in [0.25, 0.3) is 0 Å². The molecule has 0 fully saturated rings. The van der Waals surface area contributed by atoms with Crippen LogP contribution in [0.2, 0.25) is 0 Å². The Kier molecular flexibility index (Phi) is 2.17. The van der Waals surface area contributed by atoms with Gasteiger partial charge in [-0.05, 0) is 19.8 Å². The number of fused-ring (bicyclic) bond motifs is 1. The second-order valence-electron chi connectivity index (χ2n) is 3.53. The van der Waals surface area contributed by atoms with Crippen LogP contribution in [-0.2, 0) is 4.79 Å². The van der Waals surface area contributed by atoms with Gasteiger partial charge in [-0.25, -0.2) is 5.01 Å². The molecule has 0 saturated heterocycles. The average Bonchev–Trinajstić information content (AvgIpc) is 2.19. The standard InChI is InChI=1S/C10H14N2O/c1-2-12-10(13)9-6-4-3-5-8(9)7-11-12/h3-4,7-9H,2,5-6H2,1H3. The van der Waals surface area contributed by atoms with Gasteiger partial charge in [-0.15, -0.1) is 0 Å². The van der Waals surface area contributed by atoms with E-state index in [-0.39, 0.29) is 11.8 Å². The Morgan fingerprint density at radius 1 is 1.54 bits per heavy atom. The van der Waals surface area contributed by atoms with Crippen LogP contribution in [0.25, 0.3) is 0 Å². The Hall–Kier alpha value is -1.12. The average molecular weight is 178 g/mol. The van der Waals surface area contributed by atoms with Crippen molar-refractivity contribution in [1.82, 2.24) is 5.01 Å². The molecule has 0 N–H and O–H groups in total. The summed E-state index contributed by atoms with van der Waals surface area (Å²) in [4.78, 5) is 11.8. The molecule has 0 aromatic heterocycles. The summed E-state index contributed by atoms with van der Waals surface area (Å²) in [5, 5.41) is 5.71. The molecule has 13 heavy (non-hydrogen) atoms. The van der Waals surface area contributed by atoms with E-state index in [1.165, 1.54) is 0 Å². The van der Waals surface area contributed by atoms with Gasteiger partial charge >= 0.3 is 0 Å². The number of allylic oxidation sites excluding steroid dienone is 2. The summed E-state index contributed by atoms with van der Waals surface area (Å²) in [5.74, 6) is 0.696. The van der Waals surface area contributed by atoms with Crippen molar-refractivity contribution in [2.45, 2.75) is 19.8 Å². The van der Waals surface area contributed by atoms with Crippen LogP contribution < -0.4 is 0 Å². The van der Waals surface area contributed by atoms with Crippen LogP contribution in [0.15, 0.2) is 17.3 Å². The molecule has 1 aliphatic heterocycles. The fourth-order valence-corrected chi connectivity index (χ4v) is 1.94. The van der Waals surface area contributed by atoms with E-state index < -0.39 is 0 Å². The first-order chi connectivity index (χ1) is 6.33. The molecule has 0 aromatic carbocycles. The Morgan fingerprint density at radius 2 is 2.31 bits per heavy atom. The molecule has 2 rings (SSSR count). The molecule has 2 unspecified atom stereocenters. The Morgan fingerprint density at radius 3 is 3.08 bits per heavy atom. The van der Waals surface area contributed by atoms with Crippen LogP contribution in [0.4, 0.5) is 0 Å². The lowest BCUT2D eigenvalue weighted by atomic mass is 9.82. The summed E-state index contributed by atoms with van der Waals surface area (Å²) in [6, 6.07) is 0. The summed E-state index contributed by atoms with van der Waals surface area (Å²) in [6.07, 6.45) is 8.02. The molecule has 0 saturated carbocycles.